The average molecular weight is 342 g/mol. The number of rotatable bonds is 5. The largest absolute Gasteiger partial charge is 0.372 e. The maximum absolute atomic E-state index is 12.7. The van der Waals surface area contributed by atoms with E-state index in [9.17, 15) is 4.79 Å². The fourth-order valence-electron chi connectivity index (χ4n) is 3.46. The Labute approximate surface area is 148 Å². The first-order valence-corrected chi connectivity index (χ1v) is 8.98. The van der Waals surface area contributed by atoms with Gasteiger partial charge in [-0.05, 0) is 51.0 Å². The summed E-state index contributed by atoms with van der Waals surface area (Å²) in [5, 5.41) is 4.00. The molecule has 0 atom stereocenters. The second kappa shape index (κ2) is 7.59. The second-order valence-corrected chi connectivity index (χ2v) is 6.44. The molecule has 0 bridgehead atoms. The van der Waals surface area contributed by atoms with Crippen LogP contribution in [0, 0.1) is 0 Å². The number of amides is 1. The lowest BCUT2D eigenvalue weighted by Gasteiger charge is -2.31. The highest BCUT2D eigenvalue weighted by Crippen LogP contribution is 2.29. The van der Waals surface area contributed by atoms with Crippen LogP contribution in [-0.4, -0.2) is 42.1 Å². The van der Waals surface area contributed by atoms with Crippen LogP contribution in [0.3, 0.4) is 0 Å². The van der Waals surface area contributed by atoms with Crippen LogP contribution in [0.15, 0.2) is 34.9 Å². The first kappa shape index (κ1) is 17.3. The SMILES string of the molecule is CCN(CC)c1ccc(C(=O)N2CCC(c3cc(N)on3)CC2)cc1. The van der Waals surface area contributed by atoms with Crippen LogP contribution in [0.4, 0.5) is 11.6 Å². The third-order valence-corrected chi connectivity index (χ3v) is 4.99. The summed E-state index contributed by atoms with van der Waals surface area (Å²) in [6, 6.07) is 9.71. The molecule has 25 heavy (non-hydrogen) atoms. The van der Waals surface area contributed by atoms with Crippen molar-refractivity contribution < 1.29 is 9.32 Å². The Bertz CT molecular complexity index is 698. The number of hydrogen-bond acceptors (Lipinski definition) is 5. The van der Waals surface area contributed by atoms with Crippen LogP contribution < -0.4 is 10.6 Å². The standard InChI is InChI=1S/C19H26N4O2/c1-3-22(4-2)16-7-5-15(6-8-16)19(24)23-11-9-14(10-12-23)17-13-18(20)25-21-17/h5-8,13-14H,3-4,9-12,20H2,1-2H3. The third-order valence-electron chi connectivity index (χ3n) is 4.99. The molecule has 2 heterocycles. The van der Waals surface area contributed by atoms with Crippen molar-refractivity contribution in [3.8, 4) is 0 Å². The van der Waals surface area contributed by atoms with Crippen LogP contribution in [0.1, 0.15) is 48.7 Å². The van der Waals surface area contributed by atoms with Crippen LogP contribution in [0.25, 0.3) is 0 Å². The van der Waals surface area contributed by atoms with Gasteiger partial charge in [-0.2, -0.15) is 0 Å². The van der Waals surface area contributed by atoms with Crippen LogP contribution >= 0.6 is 0 Å². The van der Waals surface area contributed by atoms with Gasteiger partial charge in [0.15, 0.2) is 0 Å². The predicted molar refractivity (Wildman–Crippen MR) is 98.8 cm³/mol. The summed E-state index contributed by atoms with van der Waals surface area (Å²) in [6.07, 6.45) is 1.77. The Morgan fingerprint density at radius 1 is 1.24 bits per heavy atom. The van der Waals surface area contributed by atoms with Gasteiger partial charge in [-0.1, -0.05) is 5.16 Å². The lowest BCUT2D eigenvalue weighted by molar-refractivity contribution is 0.0711. The molecule has 1 fully saturated rings. The zero-order chi connectivity index (χ0) is 17.8. The van der Waals surface area contributed by atoms with E-state index in [2.05, 4.69) is 23.9 Å². The van der Waals surface area contributed by atoms with Gasteiger partial charge >= 0.3 is 0 Å². The van der Waals surface area contributed by atoms with Crippen molar-refractivity contribution in [1.29, 1.82) is 0 Å². The molecule has 1 aliphatic heterocycles. The number of nitrogen functional groups attached to an aromatic ring is 1. The molecule has 2 aromatic rings. The molecule has 0 unspecified atom stereocenters. The Kier molecular flexibility index (Phi) is 5.26. The normalized spacial score (nSPS) is 15.4. The average Bonchev–Trinajstić information content (AvgIpc) is 3.09. The molecule has 1 aromatic heterocycles. The lowest BCUT2D eigenvalue weighted by atomic mass is 9.93. The monoisotopic (exact) mass is 342 g/mol. The highest BCUT2D eigenvalue weighted by atomic mass is 16.5. The highest BCUT2D eigenvalue weighted by molar-refractivity contribution is 5.94. The van der Waals surface area contributed by atoms with Crippen molar-refractivity contribution in [3.05, 3.63) is 41.6 Å². The van der Waals surface area contributed by atoms with Crippen molar-refractivity contribution in [2.24, 2.45) is 0 Å². The zero-order valence-corrected chi connectivity index (χ0v) is 14.9. The van der Waals surface area contributed by atoms with Crippen molar-refractivity contribution in [2.45, 2.75) is 32.6 Å². The molecule has 0 radical (unpaired) electrons. The molecule has 1 aliphatic rings. The van der Waals surface area contributed by atoms with Gasteiger partial charge in [-0.25, -0.2) is 0 Å². The molecule has 0 spiro atoms. The number of aromatic nitrogens is 1. The molecule has 1 saturated heterocycles. The number of nitrogens with zero attached hydrogens (tertiary/aromatic N) is 3. The van der Waals surface area contributed by atoms with E-state index >= 15 is 0 Å². The summed E-state index contributed by atoms with van der Waals surface area (Å²) in [4.78, 5) is 16.9. The highest BCUT2D eigenvalue weighted by Gasteiger charge is 2.26. The summed E-state index contributed by atoms with van der Waals surface area (Å²) in [5.74, 6) is 0.765. The lowest BCUT2D eigenvalue weighted by Crippen LogP contribution is -2.38. The van der Waals surface area contributed by atoms with Crippen LogP contribution in [0.2, 0.25) is 0 Å². The Morgan fingerprint density at radius 2 is 1.88 bits per heavy atom. The Hall–Kier alpha value is -2.50. The maximum atomic E-state index is 12.7. The smallest absolute Gasteiger partial charge is 0.253 e. The summed E-state index contributed by atoms with van der Waals surface area (Å²) >= 11 is 0. The number of nitrogens with two attached hydrogens (primary N) is 1. The zero-order valence-electron chi connectivity index (χ0n) is 14.9. The van der Waals surface area contributed by atoms with Gasteiger partial charge in [-0.15, -0.1) is 0 Å². The quantitative estimate of drug-likeness (QED) is 0.903. The molecular weight excluding hydrogens is 316 g/mol. The predicted octanol–water partition coefficient (Wildman–Crippen LogP) is 3.12. The van der Waals surface area contributed by atoms with E-state index in [1.54, 1.807) is 6.07 Å². The first-order chi connectivity index (χ1) is 12.1. The summed E-state index contributed by atoms with van der Waals surface area (Å²) in [5.41, 5.74) is 8.40. The number of piperidine rings is 1. The van der Waals surface area contributed by atoms with E-state index in [0.29, 0.717) is 11.8 Å². The van der Waals surface area contributed by atoms with Gasteiger partial charge in [0, 0.05) is 49.4 Å². The van der Waals surface area contributed by atoms with E-state index in [1.807, 2.05) is 29.2 Å². The fraction of sp³-hybridized carbons (Fsp3) is 0.474. The molecule has 0 saturated carbocycles. The molecule has 1 amide bonds. The minimum Gasteiger partial charge on any atom is -0.372 e. The van der Waals surface area contributed by atoms with Gasteiger partial charge < -0.3 is 20.1 Å². The van der Waals surface area contributed by atoms with Gasteiger partial charge in [0.05, 0.1) is 5.69 Å². The van der Waals surface area contributed by atoms with Crippen molar-refractivity contribution in [3.63, 3.8) is 0 Å². The topological polar surface area (TPSA) is 75.6 Å². The third kappa shape index (κ3) is 3.78. The van der Waals surface area contributed by atoms with Crippen LogP contribution in [0.5, 0.6) is 0 Å². The number of carbonyl (C=O) groups is 1. The Balaban J connectivity index is 1.60. The van der Waals surface area contributed by atoms with E-state index in [4.69, 9.17) is 10.3 Å². The molecule has 134 valence electrons. The van der Waals surface area contributed by atoms with Crippen molar-refractivity contribution in [2.75, 3.05) is 36.8 Å². The molecule has 0 aliphatic carbocycles. The fourth-order valence-corrected chi connectivity index (χ4v) is 3.46. The van der Waals surface area contributed by atoms with E-state index < -0.39 is 0 Å². The minimum atomic E-state index is 0.101. The summed E-state index contributed by atoms with van der Waals surface area (Å²) in [7, 11) is 0. The number of benzene rings is 1. The summed E-state index contributed by atoms with van der Waals surface area (Å²) < 4.78 is 4.95. The molecule has 6 nitrogen and oxygen atoms in total. The number of likely N-dealkylation sites (tertiary alicyclic amines) is 1. The molecule has 3 rings (SSSR count). The van der Waals surface area contributed by atoms with Crippen molar-refractivity contribution >= 4 is 17.5 Å². The Morgan fingerprint density at radius 3 is 2.40 bits per heavy atom. The van der Waals surface area contributed by atoms with E-state index in [1.165, 1.54) is 0 Å². The van der Waals surface area contributed by atoms with Gasteiger partial charge in [-0.3, -0.25) is 4.79 Å². The number of carbonyl (C=O) groups excluding carboxylic acids is 1. The second-order valence-electron chi connectivity index (χ2n) is 6.44. The summed E-state index contributed by atoms with van der Waals surface area (Å²) in [6.45, 7) is 7.65. The minimum absolute atomic E-state index is 0.101. The molecule has 6 heteroatoms. The maximum Gasteiger partial charge on any atom is 0.253 e. The van der Waals surface area contributed by atoms with E-state index in [0.717, 1.165) is 56.0 Å². The van der Waals surface area contributed by atoms with Gasteiger partial charge in [0.2, 0.25) is 5.88 Å². The molecule has 1 aromatic carbocycles. The van der Waals surface area contributed by atoms with Crippen LogP contribution in [-0.2, 0) is 0 Å². The van der Waals surface area contributed by atoms with Crippen molar-refractivity contribution in [1.82, 2.24) is 10.1 Å². The number of hydrogen-bond donors (Lipinski definition) is 1. The van der Waals surface area contributed by atoms with Gasteiger partial charge in [0.25, 0.3) is 5.91 Å². The first-order valence-electron chi connectivity index (χ1n) is 8.98. The van der Waals surface area contributed by atoms with Gasteiger partial charge in [0.1, 0.15) is 0 Å². The molecule has 2 N–H and O–H groups in total. The van der Waals surface area contributed by atoms with E-state index in [-0.39, 0.29) is 5.91 Å². The molecular formula is C19H26N4O2. The number of anilines is 2.